The largest absolute Gasteiger partial charge is 0.383 e. The quantitative estimate of drug-likeness (QED) is 0.676. The summed E-state index contributed by atoms with van der Waals surface area (Å²) >= 11 is 0. The van der Waals surface area contributed by atoms with Gasteiger partial charge in [0.2, 0.25) is 5.89 Å². The van der Waals surface area contributed by atoms with Gasteiger partial charge in [0, 0.05) is 26.6 Å². The molecule has 0 aliphatic rings. The lowest BCUT2D eigenvalue weighted by atomic mass is 10.2. The van der Waals surface area contributed by atoms with Crippen molar-refractivity contribution >= 4 is 0 Å². The molecule has 0 aliphatic carbocycles. The molecule has 104 valence electrons. The first-order chi connectivity index (χ1) is 8.65. The molecule has 1 heterocycles. The number of rotatable bonds is 9. The zero-order valence-corrected chi connectivity index (χ0v) is 12.0. The highest BCUT2D eigenvalue weighted by Crippen LogP contribution is 2.07. The Balaban J connectivity index is 2.51. The van der Waals surface area contributed by atoms with Gasteiger partial charge < -0.3 is 9.26 Å². The molecule has 0 amide bonds. The Hall–Kier alpha value is -0.940. The molecule has 0 N–H and O–H groups in total. The van der Waals surface area contributed by atoms with E-state index in [4.69, 9.17) is 9.26 Å². The van der Waals surface area contributed by atoms with Gasteiger partial charge in [-0.3, -0.25) is 4.90 Å². The second-order valence-corrected chi connectivity index (χ2v) is 4.98. The van der Waals surface area contributed by atoms with Gasteiger partial charge in [-0.05, 0) is 12.3 Å². The van der Waals surface area contributed by atoms with Crippen molar-refractivity contribution in [2.75, 3.05) is 26.8 Å². The van der Waals surface area contributed by atoms with E-state index in [2.05, 4.69) is 35.8 Å². The highest BCUT2D eigenvalue weighted by molar-refractivity contribution is 4.86. The maximum Gasteiger partial charge on any atom is 0.240 e. The predicted octanol–water partition coefficient (Wildman–Crippen LogP) is 2.13. The van der Waals surface area contributed by atoms with E-state index in [1.54, 1.807) is 7.11 Å². The highest BCUT2D eigenvalue weighted by atomic mass is 16.5. The van der Waals surface area contributed by atoms with Gasteiger partial charge in [-0.15, -0.1) is 0 Å². The van der Waals surface area contributed by atoms with E-state index in [1.165, 1.54) is 0 Å². The molecule has 1 aromatic heterocycles. The Morgan fingerprint density at radius 1 is 1.39 bits per heavy atom. The molecule has 5 nitrogen and oxygen atoms in total. The monoisotopic (exact) mass is 255 g/mol. The zero-order chi connectivity index (χ0) is 13.4. The molecule has 0 atom stereocenters. The molecule has 0 saturated heterocycles. The molecule has 0 spiro atoms. The minimum absolute atomic E-state index is 0.611. The predicted molar refractivity (Wildman–Crippen MR) is 70.3 cm³/mol. The molecular formula is C13H25N3O2. The van der Waals surface area contributed by atoms with Gasteiger partial charge in [0.15, 0.2) is 5.82 Å². The minimum Gasteiger partial charge on any atom is -0.383 e. The van der Waals surface area contributed by atoms with Crippen LogP contribution in [0.5, 0.6) is 0 Å². The van der Waals surface area contributed by atoms with Gasteiger partial charge in [0.1, 0.15) is 0 Å². The Kier molecular flexibility index (Phi) is 6.90. The van der Waals surface area contributed by atoms with Crippen LogP contribution in [0.3, 0.4) is 0 Å². The molecule has 0 saturated carbocycles. The number of methoxy groups -OCH3 is 1. The topological polar surface area (TPSA) is 51.4 Å². The summed E-state index contributed by atoms with van der Waals surface area (Å²) < 4.78 is 10.4. The van der Waals surface area contributed by atoms with Crippen molar-refractivity contribution < 1.29 is 9.26 Å². The summed E-state index contributed by atoms with van der Waals surface area (Å²) in [7, 11) is 1.72. The maximum atomic E-state index is 5.27. The molecule has 18 heavy (non-hydrogen) atoms. The third kappa shape index (κ3) is 5.60. The van der Waals surface area contributed by atoms with Crippen molar-refractivity contribution in [2.24, 2.45) is 5.92 Å². The van der Waals surface area contributed by atoms with Gasteiger partial charge in [-0.1, -0.05) is 25.9 Å². The number of nitrogens with zero attached hydrogens (tertiary/aromatic N) is 3. The number of ether oxygens (including phenoxy) is 1. The van der Waals surface area contributed by atoms with Crippen molar-refractivity contribution in [1.29, 1.82) is 0 Å². The van der Waals surface area contributed by atoms with Crippen LogP contribution in [-0.2, 0) is 17.7 Å². The van der Waals surface area contributed by atoms with Crippen LogP contribution in [0.25, 0.3) is 0 Å². The van der Waals surface area contributed by atoms with Crippen molar-refractivity contribution in [2.45, 2.75) is 40.2 Å². The fourth-order valence-corrected chi connectivity index (χ4v) is 1.84. The van der Waals surface area contributed by atoms with E-state index in [0.717, 1.165) is 38.4 Å². The minimum atomic E-state index is 0.611. The van der Waals surface area contributed by atoms with Crippen LogP contribution in [0.1, 0.15) is 38.9 Å². The first-order valence-corrected chi connectivity index (χ1v) is 6.68. The van der Waals surface area contributed by atoms with E-state index >= 15 is 0 Å². The van der Waals surface area contributed by atoms with E-state index in [-0.39, 0.29) is 0 Å². The molecule has 0 bridgehead atoms. The molecular weight excluding hydrogens is 230 g/mol. The molecule has 0 aliphatic heterocycles. The highest BCUT2D eigenvalue weighted by Gasteiger charge is 2.12. The Morgan fingerprint density at radius 2 is 2.17 bits per heavy atom. The number of hydrogen-bond acceptors (Lipinski definition) is 5. The first kappa shape index (κ1) is 15.1. The lowest BCUT2D eigenvalue weighted by Gasteiger charge is -2.21. The van der Waals surface area contributed by atoms with Crippen LogP contribution in [0.4, 0.5) is 0 Å². The average molecular weight is 255 g/mol. The summed E-state index contributed by atoms with van der Waals surface area (Å²) in [4.78, 5) is 6.68. The SMILES string of the molecule is CCCc1noc(CN(CCOC)CC(C)C)n1. The smallest absolute Gasteiger partial charge is 0.240 e. The normalized spacial score (nSPS) is 11.7. The fraction of sp³-hybridized carbons (Fsp3) is 0.846. The Morgan fingerprint density at radius 3 is 2.78 bits per heavy atom. The summed E-state index contributed by atoms with van der Waals surface area (Å²) in [5, 5.41) is 3.97. The summed E-state index contributed by atoms with van der Waals surface area (Å²) in [5.41, 5.74) is 0. The van der Waals surface area contributed by atoms with Crippen LogP contribution in [0.15, 0.2) is 4.52 Å². The van der Waals surface area contributed by atoms with Crippen molar-refractivity contribution in [1.82, 2.24) is 15.0 Å². The van der Waals surface area contributed by atoms with Crippen LogP contribution >= 0.6 is 0 Å². The van der Waals surface area contributed by atoms with Gasteiger partial charge in [0.05, 0.1) is 13.2 Å². The lowest BCUT2D eigenvalue weighted by Crippen LogP contribution is -2.30. The second-order valence-electron chi connectivity index (χ2n) is 4.98. The Labute approximate surface area is 110 Å². The molecule has 0 radical (unpaired) electrons. The number of hydrogen-bond donors (Lipinski definition) is 0. The molecule has 0 aromatic carbocycles. The molecule has 1 aromatic rings. The van der Waals surface area contributed by atoms with Crippen molar-refractivity contribution in [3.8, 4) is 0 Å². The van der Waals surface area contributed by atoms with Gasteiger partial charge in [-0.25, -0.2) is 0 Å². The van der Waals surface area contributed by atoms with E-state index in [1.807, 2.05) is 0 Å². The van der Waals surface area contributed by atoms with Crippen LogP contribution in [0.2, 0.25) is 0 Å². The van der Waals surface area contributed by atoms with Crippen molar-refractivity contribution in [3.05, 3.63) is 11.7 Å². The maximum absolute atomic E-state index is 5.27. The number of aryl methyl sites for hydroxylation is 1. The molecule has 0 fully saturated rings. The van der Waals surface area contributed by atoms with E-state index in [9.17, 15) is 0 Å². The van der Waals surface area contributed by atoms with Crippen LogP contribution < -0.4 is 0 Å². The summed E-state index contributed by atoms with van der Waals surface area (Å²) in [6.07, 6.45) is 1.92. The molecule has 5 heteroatoms. The molecule has 1 rings (SSSR count). The first-order valence-electron chi connectivity index (χ1n) is 6.68. The summed E-state index contributed by atoms with van der Waals surface area (Å²) in [5.74, 6) is 2.12. The summed E-state index contributed by atoms with van der Waals surface area (Å²) in [6.45, 7) is 9.85. The Bertz CT molecular complexity index is 326. The van der Waals surface area contributed by atoms with Gasteiger partial charge in [-0.2, -0.15) is 4.98 Å². The van der Waals surface area contributed by atoms with Crippen molar-refractivity contribution in [3.63, 3.8) is 0 Å². The van der Waals surface area contributed by atoms with Crippen LogP contribution in [-0.4, -0.2) is 41.8 Å². The van der Waals surface area contributed by atoms with Crippen LogP contribution in [0, 0.1) is 5.92 Å². The number of aromatic nitrogens is 2. The lowest BCUT2D eigenvalue weighted by molar-refractivity contribution is 0.127. The van der Waals surface area contributed by atoms with Gasteiger partial charge >= 0.3 is 0 Å². The average Bonchev–Trinajstić information content (AvgIpc) is 2.73. The van der Waals surface area contributed by atoms with E-state index < -0.39 is 0 Å². The second kappa shape index (κ2) is 8.21. The molecule has 0 unspecified atom stereocenters. The zero-order valence-electron chi connectivity index (χ0n) is 12.0. The summed E-state index contributed by atoms with van der Waals surface area (Å²) in [6, 6.07) is 0. The third-order valence-electron chi connectivity index (χ3n) is 2.58. The standard InChI is InChI=1S/C13H25N3O2/c1-5-6-12-14-13(18-15-12)10-16(7-8-17-4)9-11(2)3/h11H,5-10H2,1-4H3. The van der Waals surface area contributed by atoms with Gasteiger partial charge in [0.25, 0.3) is 0 Å². The van der Waals surface area contributed by atoms with E-state index in [0.29, 0.717) is 18.4 Å². The third-order valence-corrected chi connectivity index (χ3v) is 2.58. The fourth-order valence-electron chi connectivity index (χ4n) is 1.84.